The van der Waals surface area contributed by atoms with Crippen molar-refractivity contribution in [3.63, 3.8) is 0 Å². The van der Waals surface area contributed by atoms with Crippen LogP contribution >= 0.6 is 11.6 Å². The highest BCUT2D eigenvalue weighted by molar-refractivity contribution is 6.30. The van der Waals surface area contributed by atoms with Crippen LogP contribution in [-0.4, -0.2) is 14.5 Å². The quantitative estimate of drug-likeness (QED) is 0.698. The van der Waals surface area contributed by atoms with Gasteiger partial charge in [0.1, 0.15) is 5.82 Å². The minimum atomic E-state index is -0.408. The molecule has 0 aliphatic carbocycles. The number of halogens is 1. The van der Waals surface area contributed by atoms with Crippen LogP contribution in [0.25, 0.3) is 5.69 Å². The average molecular weight is 342 g/mol. The second-order valence-electron chi connectivity index (χ2n) is 5.15. The van der Waals surface area contributed by atoms with Gasteiger partial charge in [-0.3, -0.25) is 5.43 Å². The molecule has 0 bridgehead atoms. The lowest BCUT2D eigenvalue weighted by Crippen LogP contribution is -2.30. The number of aryl methyl sites for hydroxylation is 1. The van der Waals surface area contributed by atoms with Crippen molar-refractivity contribution in [3.8, 4) is 5.69 Å². The third kappa shape index (κ3) is 3.79. The van der Waals surface area contributed by atoms with Crippen LogP contribution in [0.2, 0.25) is 5.02 Å². The lowest BCUT2D eigenvalue weighted by Gasteiger charge is -2.11. The van der Waals surface area contributed by atoms with Gasteiger partial charge >= 0.3 is 5.69 Å². The van der Waals surface area contributed by atoms with Gasteiger partial charge in [-0.15, -0.1) is 0 Å². The Hall–Kier alpha value is -2.70. The van der Waals surface area contributed by atoms with E-state index in [9.17, 15) is 4.79 Å². The van der Waals surface area contributed by atoms with Gasteiger partial charge in [0.25, 0.3) is 0 Å². The van der Waals surface area contributed by atoms with Crippen molar-refractivity contribution in [2.75, 3.05) is 5.43 Å². The molecule has 3 aromatic rings. The summed E-state index contributed by atoms with van der Waals surface area (Å²) >= 11 is 5.87. The summed E-state index contributed by atoms with van der Waals surface area (Å²) in [5, 5.41) is 0.605. The topological polar surface area (TPSA) is 71.8 Å². The molecule has 2 aromatic carbocycles. The molecule has 0 atom stereocenters. The van der Waals surface area contributed by atoms with E-state index in [2.05, 4.69) is 20.8 Å². The van der Waals surface area contributed by atoms with E-state index in [1.807, 2.05) is 30.3 Å². The second kappa shape index (κ2) is 7.25. The molecule has 122 valence electrons. The van der Waals surface area contributed by atoms with Gasteiger partial charge in [-0.1, -0.05) is 41.9 Å². The summed E-state index contributed by atoms with van der Waals surface area (Å²) in [6.45, 7) is 2.34. The number of anilines is 1. The zero-order chi connectivity index (χ0) is 16.9. The number of nitrogens with one attached hydrogen (secondary N) is 2. The average Bonchev–Trinajstić information content (AvgIpc) is 2.57. The summed E-state index contributed by atoms with van der Waals surface area (Å²) in [4.78, 5) is 20.6. The molecule has 3 rings (SSSR count). The minimum absolute atomic E-state index is 0.235. The van der Waals surface area contributed by atoms with Crippen LogP contribution in [0, 0.1) is 6.92 Å². The fraction of sp³-hybridized carbons (Fsp3) is 0.118. The standard InChI is InChI=1S/C17H16ClN5O/c1-12-20-16(22-19-11-13-5-3-2-4-6-13)21-17(24)23(12)15-9-7-14(18)8-10-15/h2-10,19H,11H2,1H3,(H,21,22,24). The van der Waals surface area contributed by atoms with Crippen molar-refractivity contribution in [3.05, 3.63) is 81.5 Å². The van der Waals surface area contributed by atoms with Crippen LogP contribution in [0.1, 0.15) is 11.4 Å². The van der Waals surface area contributed by atoms with Gasteiger partial charge in [-0.2, -0.15) is 9.97 Å². The van der Waals surface area contributed by atoms with Gasteiger partial charge in [0, 0.05) is 11.6 Å². The molecule has 0 amide bonds. The predicted octanol–water partition coefficient (Wildman–Crippen LogP) is 2.71. The Morgan fingerprint density at radius 1 is 1.04 bits per heavy atom. The maximum Gasteiger partial charge on any atom is 0.356 e. The highest BCUT2D eigenvalue weighted by Crippen LogP contribution is 2.13. The monoisotopic (exact) mass is 341 g/mol. The number of rotatable bonds is 5. The molecule has 0 spiro atoms. The van der Waals surface area contributed by atoms with Gasteiger partial charge in [-0.25, -0.2) is 14.8 Å². The highest BCUT2D eigenvalue weighted by Gasteiger charge is 2.08. The summed E-state index contributed by atoms with van der Waals surface area (Å²) in [7, 11) is 0. The zero-order valence-electron chi connectivity index (χ0n) is 13.0. The molecule has 6 nitrogen and oxygen atoms in total. The van der Waals surface area contributed by atoms with Crippen LogP contribution in [0.5, 0.6) is 0 Å². The van der Waals surface area contributed by atoms with Crippen molar-refractivity contribution in [1.82, 2.24) is 20.0 Å². The van der Waals surface area contributed by atoms with Gasteiger partial charge < -0.3 is 0 Å². The summed E-state index contributed by atoms with van der Waals surface area (Å²) < 4.78 is 1.43. The van der Waals surface area contributed by atoms with Crippen molar-refractivity contribution in [2.45, 2.75) is 13.5 Å². The SMILES string of the molecule is Cc1nc(NNCc2ccccc2)nc(=O)n1-c1ccc(Cl)cc1. The summed E-state index contributed by atoms with van der Waals surface area (Å²) in [6, 6.07) is 16.8. The van der Waals surface area contributed by atoms with Gasteiger partial charge in [0.05, 0.1) is 5.69 Å². The van der Waals surface area contributed by atoms with Crippen LogP contribution in [0.3, 0.4) is 0 Å². The number of hydrogen-bond donors (Lipinski definition) is 2. The number of nitrogens with zero attached hydrogens (tertiary/aromatic N) is 3. The molecule has 24 heavy (non-hydrogen) atoms. The number of hydrogen-bond acceptors (Lipinski definition) is 5. The summed E-state index contributed by atoms with van der Waals surface area (Å²) in [5.74, 6) is 0.764. The minimum Gasteiger partial charge on any atom is -0.289 e. The first-order valence-corrected chi connectivity index (χ1v) is 7.78. The van der Waals surface area contributed by atoms with E-state index in [1.165, 1.54) is 4.57 Å². The van der Waals surface area contributed by atoms with Crippen molar-refractivity contribution < 1.29 is 0 Å². The Balaban J connectivity index is 1.75. The molecule has 0 radical (unpaired) electrons. The Morgan fingerprint density at radius 2 is 1.75 bits per heavy atom. The van der Waals surface area contributed by atoms with E-state index in [0.29, 0.717) is 23.1 Å². The third-order valence-corrected chi connectivity index (χ3v) is 3.66. The van der Waals surface area contributed by atoms with Crippen LogP contribution < -0.4 is 16.5 Å². The first kappa shape index (κ1) is 16.2. The number of aromatic nitrogens is 3. The molecule has 2 N–H and O–H groups in total. The summed E-state index contributed by atoms with van der Waals surface area (Å²) in [6.07, 6.45) is 0. The summed E-state index contributed by atoms with van der Waals surface area (Å²) in [5.41, 5.74) is 7.23. The Morgan fingerprint density at radius 3 is 2.42 bits per heavy atom. The molecular formula is C17H16ClN5O. The molecule has 0 aliphatic heterocycles. The zero-order valence-corrected chi connectivity index (χ0v) is 13.8. The molecular weight excluding hydrogens is 326 g/mol. The van der Waals surface area contributed by atoms with E-state index in [4.69, 9.17) is 11.6 Å². The molecule has 1 heterocycles. The predicted molar refractivity (Wildman–Crippen MR) is 94.3 cm³/mol. The van der Waals surface area contributed by atoms with Crippen LogP contribution in [-0.2, 0) is 6.54 Å². The molecule has 0 unspecified atom stereocenters. The van der Waals surface area contributed by atoms with E-state index < -0.39 is 5.69 Å². The molecule has 0 saturated heterocycles. The first-order valence-electron chi connectivity index (χ1n) is 7.40. The van der Waals surface area contributed by atoms with Crippen LogP contribution in [0.15, 0.2) is 59.4 Å². The van der Waals surface area contributed by atoms with Crippen molar-refractivity contribution in [1.29, 1.82) is 0 Å². The molecule has 1 aromatic heterocycles. The largest absolute Gasteiger partial charge is 0.356 e. The fourth-order valence-corrected chi connectivity index (χ4v) is 2.40. The normalized spacial score (nSPS) is 10.6. The fourth-order valence-electron chi connectivity index (χ4n) is 2.27. The number of hydrazine groups is 1. The Kier molecular flexibility index (Phi) is 4.88. The highest BCUT2D eigenvalue weighted by atomic mass is 35.5. The molecule has 7 heteroatoms. The van der Waals surface area contributed by atoms with Crippen molar-refractivity contribution in [2.24, 2.45) is 0 Å². The lowest BCUT2D eigenvalue weighted by molar-refractivity contribution is 0.753. The smallest absolute Gasteiger partial charge is 0.289 e. The first-order chi connectivity index (χ1) is 11.6. The number of benzene rings is 2. The van der Waals surface area contributed by atoms with E-state index >= 15 is 0 Å². The van der Waals surface area contributed by atoms with Gasteiger partial charge in [0.15, 0.2) is 0 Å². The van der Waals surface area contributed by atoms with Crippen LogP contribution in [0.4, 0.5) is 5.95 Å². The van der Waals surface area contributed by atoms with E-state index in [0.717, 1.165) is 5.56 Å². The molecule has 0 fully saturated rings. The maximum absolute atomic E-state index is 12.3. The second-order valence-corrected chi connectivity index (χ2v) is 5.59. The third-order valence-electron chi connectivity index (χ3n) is 3.40. The van der Waals surface area contributed by atoms with E-state index in [1.54, 1.807) is 31.2 Å². The maximum atomic E-state index is 12.3. The lowest BCUT2D eigenvalue weighted by atomic mass is 10.2. The van der Waals surface area contributed by atoms with E-state index in [-0.39, 0.29) is 5.95 Å². The van der Waals surface area contributed by atoms with Gasteiger partial charge in [-0.05, 0) is 36.8 Å². The molecule has 0 saturated carbocycles. The molecule has 0 aliphatic rings. The van der Waals surface area contributed by atoms with Crippen molar-refractivity contribution >= 4 is 17.5 Å². The Bertz CT molecular complexity index is 878. The Labute approximate surface area is 144 Å². The van der Waals surface area contributed by atoms with Gasteiger partial charge in [0.2, 0.25) is 5.95 Å².